The second-order valence-electron chi connectivity index (χ2n) is 6.97. The molecule has 8 heteroatoms. The minimum Gasteiger partial charge on any atom is -0.493 e. The van der Waals surface area contributed by atoms with Crippen molar-refractivity contribution in [1.29, 1.82) is 0 Å². The lowest BCUT2D eigenvalue weighted by molar-refractivity contribution is -0.118. The molecule has 0 saturated carbocycles. The molecule has 1 aromatic heterocycles. The number of hydrogen-bond acceptors (Lipinski definition) is 7. The van der Waals surface area contributed by atoms with Crippen LogP contribution in [0.4, 0.5) is 10.8 Å². The lowest BCUT2D eigenvalue weighted by atomic mass is 10.2. The van der Waals surface area contributed by atoms with Crippen molar-refractivity contribution in [3.8, 4) is 11.5 Å². The van der Waals surface area contributed by atoms with Crippen LogP contribution in [0.15, 0.2) is 71.8 Å². The number of para-hydroxylation sites is 1. The number of nitrogens with one attached hydrogen (secondary N) is 2. The van der Waals surface area contributed by atoms with Gasteiger partial charge >= 0.3 is 0 Å². The molecule has 0 saturated heterocycles. The van der Waals surface area contributed by atoms with Crippen LogP contribution in [0.1, 0.15) is 11.1 Å². The summed E-state index contributed by atoms with van der Waals surface area (Å²) in [5.41, 5.74) is 6.55. The van der Waals surface area contributed by atoms with Gasteiger partial charge in [-0.2, -0.15) is 5.10 Å². The van der Waals surface area contributed by atoms with Crippen LogP contribution in [0.3, 0.4) is 0 Å². The summed E-state index contributed by atoms with van der Waals surface area (Å²) in [7, 11) is 1.55. The van der Waals surface area contributed by atoms with Crippen LogP contribution in [0.2, 0.25) is 0 Å². The average molecular weight is 447 g/mol. The first-order valence-corrected chi connectivity index (χ1v) is 10.7. The molecule has 0 bridgehead atoms. The number of anilines is 2. The maximum atomic E-state index is 12.2. The lowest BCUT2D eigenvalue weighted by Crippen LogP contribution is -2.20. The Bertz CT molecular complexity index is 1220. The summed E-state index contributed by atoms with van der Waals surface area (Å²) < 4.78 is 12.1. The van der Waals surface area contributed by atoms with Gasteiger partial charge < -0.3 is 14.8 Å². The number of carbonyl (C=O) groups excluding carboxylic acids is 1. The fraction of sp³-hybridized carbons (Fsp3) is 0.125. The smallest absolute Gasteiger partial charge is 0.262 e. The van der Waals surface area contributed by atoms with Crippen molar-refractivity contribution in [2.45, 2.75) is 6.92 Å². The highest BCUT2D eigenvalue weighted by atomic mass is 32.1. The summed E-state index contributed by atoms with van der Waals surface area (Å²) >= 11 is 1.53. The van der Waals surface area contributed by atoms with Crippen LogP contribution in [0, 0.1) is 6.92 Å². The third-order valence-electron chi connectivity index (χ3n) is 4.55. The summed E-state index contributed by atoms with van der Waals surface area (Å²) in [4.78, 5) is 16.6. The van der Waals surface area contributed by atoms with Gasteiger partial charge in [0.05, 0.1) is 23.5 Å². The Morgan fingerprint density at radius 3 is 2.69 bits per heavy atom. The van der Waals surface area contributed by atoms with Crippen LogP contribution in [-0.2, 0) is 4.79 Å². The van der Waals surface area contributed by atoms with Crippen molar-refractivity contribution < 1.29 is 14.3 Å². The Morgan fingerprint density at radius 2 is 1.91 bits per heavy atom. The molecule has 3 aromatic carbocycles. The van der Waals surface area contributed by atoms with Gasteiger partial charge in [-0.25, -0.2) is 4.98 Å². The number of carbonyl (C=O) groups is 1. The van der Waals surface area contributed by atoms with E-state index in [1.165, 1.54) is 11.3 Å². The molecule has 32 heavy (non-hydrogen) atoms. The molecule has 1 amide bonds. The third-order valence-corrected chi connectivity index (χ3v) is 5.49. The molecule has 0 unspecified atom stereocenters. The number of nitrogens with zero attached hydrogens (tertiary/aromatic N) is 2. The van der Waals surface area contributed by atoms with Crippen LogP contribution in [-0.4, -0.2) is 30.8 Å². The van der Waals surface area contributed by atoms with Gasteiger partial charge in [0.2, 0.25) is 5.13 Å². The van der Waals surface area contributed by atoms with Crippen LogP contribution < -0.4 is 20.2 Å². The molecule has 0 aliphatic heterocycles. The quantitative estimate of drug-likeness (QED) is 0.291. The number of aryl methyl sites for hydroxylation is 1. The van der Waals surface area contributed by atoms with Crippen molar-refractivity contribution >= 4 is 44.5 Å². The van der Waals surface area contributed by atoms with E-state index in [0.29, 0.717) is 16.6 Å². The lowest BCUT2D eigenvalue weighted by Gasteiger charge is -2.11. The SMILES string of the molecule is COc1cc(/C=N\Nc2nc3ccccc3s2)ccc1OCC(=O)Nc1ccc(C)cc1. The second-order valence-corrected chi connectivity index (χ2v) is 8.00. The molecule has 7 nitrogen and oxygen atoms in total. The van der Waals surface area contributed by atoms with Gasteiger partial charge in [0.25, 0.3) is 5.91 Å². The fourth-order valence-corrected chi connectivity index (χ4v) is 3.76. The Balaban J connectivity index is 1.34. The molecule has 4 rings (SSSR count). The molecule has 0 atom stereocenters. The number of fused-ring (bicyclic) bond motifs is 1. The minimum absolute atomic E-state index is 0.128. The molecular weight excluding hydrogens is 424 g/mol. The summed E-state index contributed by atoms with van der Waals surface area (Å²) in [6, 6.07) is 20.9. The number of benzene rings is 3. The van der Waals surface area contributed by atoms with E-state index in [4.69, 9.17) is 9.47 Å². The summed E-state index contributed by atoms with van der Waals surface area (Å²) in [5, 5.41) is 7.77. The number of ether oxygens (including phenoxy) is 2. The van der Waals surface area contributed by atoms with E-state index in [1.54, 1.807) is 25.5 Å². The van der Waals surface area contributed by atoms with E-state index >= 15 is 0 Å². The van der Waals surface area contributed by atoms with E-state index in [2.05, 4.69) is 20.8 Å². The number of hydrazone groups is 1. The predicted octanol–water partition coefficient (Wildman–Crippen LogP) is 5.08. The van der Waals surface area contributed by atoms with Crippen molar-refractivity contribution in [2.24, 2.45) is 5.10 Å². The molecular formula is C24H22N4O3S. The zero-order chi connectivity index (χ0) is 22.3. The van der Waals surface area contributed by atoms with E-state index in [0.717, 1.165) is 27.0 Å². The number of hydrogen-bond donors (Lipinski definition) is 2. The third kappa shape index (κ3) is 5.41. The van der Waals surface area contributed by atoms with Crippen molar-refractivity contribution in [2.75, 3.05) is 24.5 Å². The highest BCUT2D eigenvalue weighted by molar-refractivity contribution is 7.22. The van der Waals surface area contributed by atoms with Gasteiger partial charge in [0.1, 0.15) is 0 Å². The van der Waals surface area contributed by atoms with Gasteiger partial charge in [-0.15, -0.1) is 0 Å². The van der Waals surface area contributed by atoms with Gasteiger partial charge in [-0.05, 0) is 55.0 Å². The van der Waals surface area contributed by atoms with Gasteiger partial charge in [-0.3, -0.25) is 10.2 Å². The molecule has 0 aliphatic rings. The summed E-state index contributed by atoms with van der Waals surface area (Å²) in [6.07, 6.45) is 1.67. The standard InChI is InChI=1S/C24H22N4O3S/c1-16-7-10-18(11-8-16)26-23(29)15-31-20-12-9-17(13-21(20)30-2)14-25-28-24-27-19-5-3-4-6-22(19)32-24/h3-14H,15H2,1-2H3,(H,26,29)(H,27,28)/b25-14-. The van der Waals surface area contributed by atoms with E-state index < -0.39 is 0 Å². The first kappa shape index (κ1) is 21.3. The van der Waals surface area contributed by atoms with Gasteiger partial charge in [-0.1, -0.05) is 41.2 Å². The maximum Gasteiger partial charge on any atom is 0.262 e. The highest BCUT2D eigenvalue weighted by Crippen LogP contribution is 2.28. The second kappa shape index (κ2) is 9.93. The topological polar surface area (TPSA) is 84.8 Å². The average Bonchev–Trinajstić information content (AvgIpc) is 3.22. The number of rotatable bonds is 8. The van der Waals surface area contributed by atoms with E-state index in [9.17, 15) is 4.79 Å². The molecule has 2 N–H and O–H groups in total. The van der Waals surface area contributed by atoms with Crippen molar-refractivity contribution in [3.63, 3.8) is 0 Å². The monoisotopic (exact) mass is 446 g/mol. The van der Waals surface area contributed by atoms with Crippen molar-refractivity contribution in [3.05, 3.63) is 77.9 Å². The minimum atomic E-state index is -0.249. The Hall–Kier alpha value is -3.91. The fourth-order valence-electron chi connectivity index (χ4n) is 2.94. The largest absolute Gasteiger partial charge is 0.493 e. The van der Waals surface area contributed by atoms with Crippen molar-refractivity contribution in [1.82, 2.24) is 4.98 Å². The number of aromatic nitrogens is 1. The maximum absolute atomic E-state index is 12.2. The van der Waals surface area contributed by atoms with Crippen LogP contribution in [0.5, 0.6) is 11.5 Å². The number of methoxy groups -OCH3 is 1. The first-order valence-electron chi connectivity index (χ1n) is 9.93. The van der Waals surface area contributed by atoms with E-state index in [-0.39, 0.29) is 12.5 Å². The zero-order valence-electron chi connectivity index (χ0n) is 17.7. The molecule has 162 valence electrons. The highest BCUT2D eigenvalue weighted by Gasteiger charge is 2.09. The van der Waals surface area contributed by atoms with Crippen LogP contribution >= 0.6 is 11.3 Å². The normalized spacial score (nSPS) is 10.9. The van der Waals surface area contributed by atoms with Crippen LogP contribution in [0.25, 0.3) is 10.2 Å². The molecule has 1 heterocycles. The predicted molar refractivity (Wildman–Crippen MR) is 129 cm³/mol. The molecule has 0 spiro atoms. The van der Waals surface area contributed by atoms with E-state index in [1.807, 2.05) is 61.5 Å². The Labute approximate surface area is 189 Å². The first-order chi connectivity index (χ1) is 15.6. The summed E-state index contributed by atoms with van der Waals surface area (Å²) in [5.74, 6) is 0.737. The molecule has 0 aliphatic carbocycles. The summed E-state index contributed by atoms with van der Waals surface area (Å²) in [6.45, 7) is 1.86. The Morgan fingerprint density at radius 1 is 1.09 bits per heavy atom. The number of amides is 1. The molecule has 4 aromatic rings. The number of thiazole rings is 1. The van der Waals surface area contributed by atoms with Gasteiger partial charge in [0, 0.05) is 5.69 Å². The van der Waals surface area contributed by atoms with Gasteiger partial charge in [0.15, 0.2) is 18.1 Å². The molecule has 0 radical (unpaired) electrons. The Kier molecular flexibility index (Phi) is 6.62. The zero-order valence-corrected chi connectivity index (χ0v) is 18.5. The molecule has 0 fully saturated rings.